The molecule has 0 amide bonds. The molecule has 4 aliphatic heterocycles. The lowest BCUT2D eigenvalue weighted by atomic mass is 9.80. The maximum atomic E-state index is 15.4. The Balaban J connectivity index is 1.49. The Bertz CT molecular complexity index is 1140. The number of ketones is 1. The van der Waals surface area contributed by atoms with Crippen molar-refractivity contribution >= 4 is 34.7 Å². The van der Waals surface area contributed by atoms with Crippen molar-refractivity contribution in [2.45, 2.75) is 13.0 Å². The summed E-state index contributed by atoms with van der Waals surface area (Å²) >= 11 is 1.28. The van der Waals surface area contributed by atoms with Crippen LogP contribution in [0, 0.1) is 17.7 Å². The summed E-state index contributed by atoms with van der Waals surface area (Å²) in [4.78, 5) is 36.7. The fraction of sp³-hybridized carbons (Fsp3) is 0.421. The number of halogens is 2. The minimum absolute atomic E-state index is 0.0922. The first-order chi connectivity index (χ1) is 15.2. The lowest BCUT2D eigenvalue weighted by Gasteiger charge is -2.44. The Hall–Kier alpha value is -3.06. The lowest BCUT2D eigenvalue weighted by Crippen LogP contribution is -2.52. The molecular formula is C19H19F2N7O3S. The van der Waals surface area contributed by atoms with E-state index in [-0.39, 0.29) is 17.7 Å². The van der Waals surface area contributed by atoms with Gasteiger partial charge in [0.1, 0.15) is 23.9 Å². The molecule has 4 aliphatic rings. The van der Waals surface area contributed by atoms with Gasteiger partial charge >= 0.3 is 5.97 Å². The van der Waals surface area contributed by atoms with Gasteiger partial charge in [0.25, 0.3) is 0 Å². The highest BCUT2D eigenvalue weighted by Gasteiger charge is 2.48. The first-order valence-corrected chi connectivity index (χ1v) is 10.7. The van der Waals surface area contributed by atoms with Crippen molar-refractivity contribution in [2.75, 3.05) is 26.8 Å². The van der Waals surface area contributed by atoms with Crippen LogP contribution < -0.4 is 0 Å². The normalized spacial score (nSPS) is 26.6. The van der Waals surface area contributed by atoms with Gasteiger partial charge in [0.2, 0.25) is 0 Å². The zero-order chi connectivity index (χ0) is 22.7. The Labute approximate surface area is 185 Å². The van der Waals surface area contributed by atoms with E-state index in [9.17, 15) is 19.1 Å². The number of Topliss-reactive ketones (excluding diaryl/α,β-unsaturated/α-hetero) is 1. The summed E-state index contributed by atoms with van der Waals surface area (Å²) in [6, 6.07) is -0.126. The third-order valence-corrected chi connectivity index (χ3v) is 6.77. The maximum absolute atomic E-state index is 15.4. The average Bonchev–Trinajstić information content (AvgIpc) is 3.32. The van der Waals surface area contributed by atoms with Gasteiger partial charge in [-0.1, -0.05) is 6.92 Å². The highest BCUT2D eigenvalue weighted by atomic mass is 32.2. The molecule has 168 valence electrons. The number of aliphatic carboxylic acids is 1. The molecule has 2 unspecified atom stereocenters. The van der Waals surface area contributed by atoms with Gasteiger partial charge in [0.15, 0.2) is 22.6 Å². The molecule has 2 atom stereocenters. The number of aromatic nitrogens is 2. The quantitative estimate of drug-likeness (QED) is 0.530. The van der Waals surface area contributed by atoms with Crippen LogP contribution in [-0.2, 0) is 9.59 Å². The number of rotatable bonds is 3. The number of carbonyl (C=O) groups is 2. The summed E-state index contributed by atoms with van der Waals surface area (Å²) in [5.74, 6) is -4.71. The molecule has 0 saturated carbocycles. The van der Waals surface area contributed by atoms with E-state index in [1.165, 1.54) is 33.9 Å². The molecule has 32 heavy (non-hydrogen) atoms. The number of carboxylic acid groups (broad SMARTS) is 1. The predicted molar refractivity (Wildman–Crippen MR) is 111 cm³/mol. The van der Waals surface area contributed by atoms with Crippen LogP contribution >= 0.6 is 11.9 Å². The summed E-state index contributed by atoms with van der Waals surface area (Å²) in [7, 11) is 1.82. The highest BCUT2D eigenvalue weighted by Crippen LogP contribution is 2.41. The van der Waals surface area contributed by atoms with Crippen LogP contribution in [0.3, 0.4) is 0 Å². The number of hydrogen-bond acceptors (Lipinski definition) is 9. The largest absolute Gasteiger partial charge is 0.478 e. The van der Waals surface area contributed by atoms with Gasteiger partial charge in [0.05, 0.1) is 24.4 Å². The molecule has 0 radical (unpaired) electrons. The number of amidine groups is 2. The third kappa shape index (κ3) is 3.23. The van der Waals surface area contributed by atoms with Crippen LogP contribution in [0.25, 0.3) is 0 Å². The lowest BCUT2D eigenvalue weighted by molar-refractivity contribution is -0.135. The minimum atomic E-state index is -1.38. The van der Waals surface area contributed by atoms with Crippen molar-refractivity contribution in [2.24, 2.45) is 21.8 Å². The first kappa shape index (κ1) is 20.8. The number of carboxylic acids is 1. The van der Waals surface area contributed by atoms with E-state index in [4.69, 9.17) is 0 Å². The smallest absolute Gasteiger partial charge is 0.340 e. The SMILES string of the molecule is CC1C(F)=C(N2CC(n3cc(F)cn3)C2)N=C2C1C(=O)C(C(=O)O)=CN2C1=NCN(C)S1. The van der Waals surface area contributed by atoms with Crippen molar-refractivity contribution in [3.63, 3.8) is 0 Å². The summed E-state index contributed by atoms with van der Waals surface area (Å²) in [6.45, 7) is 2.69. The topological polar surface area (TPSA) is 107 Å². The molecule has 1 saturated heterocycles. The number of fused-ring (bicyclic) bond motifs is 1. The van der Waals surface area contributed by atoms with Gasteiger partial charge in [0, 0.05) is 25.2 Å². The fourth-order valence-electron chi connectivity index (χ4n) is 4.10. The van der Waals surface area contributed by atoms with E-state index in [2.05, 4.69) is 15.1 Å². The van der Waals surface area contributed by atoms with Gasteiger partial charge in [-0.25, -0.2) is 27.9 Å². The molecule has 0 aliphatic carbocycles. The maximum Gasteiger partial charge on any atom is 0.340 e. The monoisotopic (exact) mass is 463 g/mol. The zero-order valence-electron chi connectivity index (χ0n) is 17.1. The van der Waals surface area contributed by atoms with E-state index >= 15 is 4.39 Å². The van der Waals surface area contributed by atoms with Crippen molar-refractivity contribution in [1.82, 2.24) is 23.9 Å². The second-order valence-corrected chi connectivity index (χ2v) is 9.16. The molecular weight excluding hydrogens is 444 g/mol. The highest BCUT2D eigenvalue weighted by molar-refractivity contribution is 8.12. The van der Waals surface area contributed by atoms with Crippen LogP contribution in [0.4, 0.5) is 8.78 Å². The molecule has 0 aromatic carbocycles. The van der Waals surface area contributed by atoms with E-state index in [0.717, 1.165) is 6.20 Å². The molecule has 13 heteroatoms. The molecule has 1 aromatic rings. The Morgan fingerprint density at radius 3 is 2.66 bits per heavy atom. The minimum Gasteiger partial charge on any atom is -0.478 e. The second-order valence-electron chi connectivity index (χ2n) is 7.99. The van der Waals surface area contributed by atoms with E-state index in [1.54, 1.807) is 11.8 Å². The first-order valence-electron chi connectivity index (χ1n) is 9.89. The number of nitrogens with zero attached hydrogens (tertiary/aromatic N) is 7. The molecule has 1 N–H and O–H groups in total. The summed E-state index contributed by atoms with van der Waals surface area (Å²) in [5.41, 5.74) is -0.431. The molecule has 10 nitrogen and oxygen atoms in total. The molecule has 1 fully saturated rings. The molecule has 5 heterocycles. The zero-order valence-corrected chi connectivity index (χ0v) is 18.0. The van der Waals surface area contributed by atoms with Gasteiger partial charge in [-0.05, 0) is 19.0 Å². The van der Waals surface area contributed by atoms with Gasteiger partial charge < -0.3 is 10.0 Å². The molecule has 0 spiro atoms. The average molecular weight is 463 g/mol. The molecule has 1 aromatic heterocycles. The summed E-state index contributed by atoms with van der Waals surface area (Å²) < 4.78 is 31.9. The number of likely N-dealkylation sites (tertiary alicyclic amines) is 1. The number of allylic oxidation sites excluding steroid dienone is 1. The van der Waals surface area contributed by atoms with Gasteiger partial charge in [-0.3, -0.25) is 14.4 Å². The van der Waals surface area contributed by atoms with Crippen molar-refractivity contribution in [3.05, 3.63) is 41.6 Å². The van der Waals surface area contributed by atoms with Crippen molar-refractivity contribution in [3.8, 4) is 0 Å². The number of aliphatic imine (C=N–C) groups is 2. The van der Waals surface area contributed by atoms with Crippen LogP contribution in [0.5, 0.6) is 0 Å². The van der Waals surface area contributed by atoms with Crippen LogP contribution in [0.1, 0.15) is 13.0 Å². The molecule has 0 bridgehead atoms. The van der Waals surface area contributed by atoms with Crippen molar-refractivity contribution in [1.29, 1.82) is 0 Å². The van der Waals surface area contributed by atoms with Crippen LogP contribution in [0.15, 0.2) is 45.8 Å². The third-order valence-electron chi connectivity index (χ3n) is 5.85. The second kappa shape index (κ2) is 7.52. The fourth-order valence-corrected chi connectivity index (χ4v) is 4.85. The Morgan fingerprint density at radius 1 is 1.31 bits per heavy atom. The van der Waals surface area contributed by atoms with Crippen LogP contribution in [0.2, 0.25) is 0 Å². The number of carbonyl (C=O) groups excluding carboxylic acids is 1. The van der Waals surface area contributed by atoms with E-state index < -0.39 is 40.8 Å². The Morgan fingerprint density at radius 2 is 2.06 bits per heavy atom. The summed E-state index contributed by atoms with van der Waals surface area (Å²) in [6.07, 6.45) is 3.61. The van der Waals surface area contributed by atoms with E-state index in [1.807, 2.05) is 11.4 Å². The standard InChI is InChI=1S/C19H19F2N7O3S/c1-9-13-15(29)12(18(30)31)7-27(19-22-8-25(2)32-19)16(13)24-17(14(9)21)26-5-11(6-26)28-4-10(20)3-23-28/h3-4,7,9,11,13H,5-6,8H2,1-2H3,(H,30,31). The van der Waals surface area contributed by atoms with Crippen molar-refractivity contribution < 1.29 is 23.5 Å². The number of hydrogen-bond donors (Lipinski definition) is 1. The molecule has 5 rings (SSSR count). The summed E-state index contributed by atoms with van der Waals surface area (Å²) in [5, 5.41) is 13.9. The van der Waals surface area contributed by atoms with Crippen LogP contribution in [-0.4, -0.2) is 78.6 Å². The van der Waals surface area contributed by atoms with Gasteiger partial charge in [-0.2, -0.15) is 5.10 Å². The Kier molecular flexibility index (Phi) is 4.89. The van der Waals surface area contributed by atoms with Gasteiger partial charge in [-0.15, -0.1) is 0 Å². The van der Waals surface area contributed by atoms with E-state index in [0.29, 0.717) is 24.9 Å². The predicted octanol–water partition coefficient (Wildman–Crippen LogP) is 1.44.